The number of nitrogens with one attached hydrogen (secondary N) is 1. The summed E-state index contributed by atoms with van der Waals surface area (Å²) in [6, 6.07) is 10.7. The number of methoxy groups -OCH3 is 1. The van der Waals surface area contributed by atoms with Crippen molar-refractivity contribution in [2.75, 3.05) is 20.7 Å². The van der Waals surface area contributed by atoms with Crippen LogP contribution in [-0.4, -0.2) is 43.0 Å². The van der Waals surface area contributed by atoms with E-state index in [1.165, 1.54) is 18.7 Å². The SMILES string of the molecule is CCc1cccc2c(C(=O)CN(C)Cc3ccc(OC(F)F)c(OC)c3)c[nH]c12. The van der Waals surface area contributed by atoms with Crippen molar-refractivity contribution in [3.8, 4) is 11.5 Å². The van der Waals surface area contributed by atoms with E-state index >= 15 is 0 Å². The Bertz CT molecular complexity index is 1000. The summed E-state index contributed by atoms with van der Waals surface area (Å²) in [7, 11) is 3.23. The molecule has 0 radical (unpaired) electrons. The number of halogens is 2. The molecule has 1 N–H and O–H groups in total. The van der Waals surface area contributed by atoms with Crippen molar-refractivity contribution in [1.82, 2.24) is 9.88 Å². The Kier molecular flexibility index (Phi) is 6.49. The predicted molar refractivity (Wildman–Crippen MR) is 108 cm³/mol. The van der Waals surface area contributed by atoms with Gasteiger partial charge in [0, 0.05) is 29.2 Å². The summed E-state index contributed by atoms with van der Waals surface area (Å²) in [6.45, 7) is -0.156. The molecule has 0 aliphatic rings. The van der Waals surface area contributed by atoms with Gasteiger partial charge >= 0.3 is 6.61 Å². The molecular weight excluding hydrogens is 378 g/mol. The number of aromatic amines is 1. The third-order valence-electron chi connectivity index (χ3n) is 4.79. The Morgan fingerprint density at radius 1 is 1.21 bits per heavy atom. The number of likely N-dealkylation sites (N-methyl/N-ethyl adjacent to an activating group) is 1. The zero-order valence-electron chi connectivity index (χ0n) is 16.7. The summed E-state index contributed by atoms with van der Waals surface area (Å²) < 4.78 is 34.5. The van der Waals surface area contributed by atoms with E-state index < -0.39 is 6.61 Å². The first-order chi connectivity index (χ1) is 13.9. The number of ether oxygens (including phenoxy) is 2. The fraction of sp³-hybridized carbons (Fsp3) is 0.318. The van der Waals surface area contributed by atoms with Gasteiger partial charge < -0.3 is 14.5 Å². The van der Waals surface area contributed by atoms with E-state index in [0.29, 0.717) is 12.1 Å². The van der Waals surface area contributed by atoms with Crippen LogP contribution in [0.25, 0.3) is 10.9 Å². The molecule has 3 rings (SSSR count). The maximum atomic E-state index is 12.8. The van der Waals surface area contributed by atoms with Crippen LogP contribution in [0.2, 0.25) is 0 Å². The zero-order valence-corrected chi connectivity index (χ0v) is 16.7. The second-order valence-corrected chi connectivity index (χ2v) is 6.85. The van der Waals surface area contributed by atoms with Gasteiger partial charge in [-0.1, -0.05) is 31.2 Å². The third kappa shape index (κ3) is 4.74. The molecular formula is C22H24F2N2O3. The summed E-state index contributed by atoms with van der Waals surface area (Å²) in [6.07, 6.45) is 2.65. The molecule has 0 saturated heterocycles. The maximum absolute atomic E-state index is 12.8. The fourth-order valence-corrected chi connectivity index (χ4v) is 3.44. The van der Waals surface area contributed by atoms with Gasteiger partial charge in [0.05, 0.1) is 13.7 Å². The minimum Gasteiger partial charge on any atom is -0.493 e. The van der Waals surface area contributed by atoms with Crippen LogP contribution in [0.5, 0.6) is 11.5 Å². The highest BCUT2D eigenvalue weighted by atomic mass is 19.3. The number of carbonyl (C=O) groups excluding carboxylic acids is 1. The molecule has 5 nitrogen and oxygen atoms in total. The molecule has 7 heteroatoms. The van der Waals surface area contributed by atoms with Crippen LogP contribution in [0.1, 0.15) is 28.4 Å². The van der Waals surface area contributed by atoms with Gasteiger partial charge in [0.25, 0.3) is 0 Å². The number of aromatic nitrogens is 1. The molecule has 0 unspecified atom stereocenters. The monoisotopic (exact) mass is 402 g/mol. The number of aryl methyl sites for hydroxylation is 1. The number of carbonyl (C=O) groups is 1. The first kappa shape index (κ1) is 20.8. The van der Waals surface area contributed by atoms with Crippen LogP contribution in [-0.2, 0) is 13.0 Å². The smallest absolute Gasteiger partial charge is 0.387 e. The summed E-state index contributed by atoms with van der Waals surface area (Å²) in [5.41, 5.74) is 3.67. The average Bonchev–Trinajstić information content (AvgIpc) is 3.13. The number of hydrogen-bond donors (Lipinski definition) is 1. The van der Waals surface area contributed by atoms with E-state index in [1.54, 1.807) is 18.3 Å². The molecule has 0 fully saturated rings. The van der Waals surface area contributed by atoms with Gasteiger partial charge in [0.15, 0.2) is 17.3 Å². The van der Waals surface area contributed by atoms with Crippen molar-refractivity contribution in [3.63, 3.8) is 0 Å². The normalized spacial score (nSPS) is 11.4. The van der Waals surface area contributed by atoms with E-state index in [2.05, 4.69) is 16.6 Å². The standard InChI is InChI=1S/C22H24F2N2O3/c1-4-15-6-5-7-16-17(11-25-21(15)16)18(27)13-26(2)12-14-8-9-19(29-22(23)24)20(10-14)28-3/h5-11,22,25H,4,12-13H2,1-3H3. The molecule has 0 saturated carbocycles. The summed E-state index contributed by atoms with van der Waals surface area (Å²) in [4.78, 5) is 17.9. The lowest BCUT2D eigenvalue weighted by molar-refractivity contribution is -0.0512. The van der Waals surface area contributed by atoms with Gasteiger partial charge in [0.1, 0.15) is 0 Å². The van der Waals surface area contributed by atoms with Gasteiger partial charge in [-0.15, -0.1) is 0 Å². The van der Waals surface area contributed by atoms with Crippen molar-refractivity contribution < 1.29 is 23.0 Å². The maximum Gasteiger partial charge on any atom is 0.387 e. The molecule has 29 heavy (non-hydrogen) atoms. The average molecular weight is 402 g/mol. The molecule has 0 amide bonds. The molecule has 0 atom stereocenters. The lowest BCUT2D eigenvalue weighted by Crippen LogP contribution is -2.25. The van der Waals surface area contributed by atoms with E-state index in [0.717, 1.165) is 22.9 Å². The number of hydrogen-bond acceptors (Lipinski definition) is 4. The molecule has 0 spiro atoms. The van der Waals surface area contributed by atoms with Gasteiger partial charge in [-0.3, -0.25) is 9.69 Å². The van der Waals surface area contributed by atoms with Gasteiger partial charge in [-0.05, 0) is 36.7 Å². The number of nitrogens with zero attached hydrogens (tertiary/aromatic N) is 1. The van der Waals surface area contributed by atoms with Crippen LogP contribution < -0.4 is 9.47 Å². The summed E-state index contributed by atoms with van der Waals surface area (Å²) in [5.74, 6) is 0.221. The molecule has 2 aromatic carbocycles. The minimum atomic E-state index is -2.92. The Morgan fingerprint density at radius 2 is 2.00 bits per heavy atom. The number of H-pyrrole nitrogens is 1. The molecule has 3 aromatic rings. The third-order valence-corrected chi connectivity index (χ3v) is 4.79. The topological polar surface area (TPSA) is 54.6 Å². The Labute approximate surface area is 168 Å². The predicted octanol–water partition coefficient (Wildman–Crippen LogP) is 4.66. The van der Waals surface area contributed by atoms with Gasteiger partial charge in [0.2, 0.25) is 0 Å². The second-order valence-electron chi connectivity index (χ2n) is 6.85. The highest BCUT2D eigenvalue weighted by molar-refractivity contribution is 6.09. The summed E-state index contributed by atoms with van der Waals surface area (Å²) in [5, 5.41) is 0.929. The quantitative estimate of drug-likeness (QED) is 0.529. The molecule has 0 bridgehead atoms. The van der Waals surface area contributed by atoms with Crippen molar-refractivity contribution in [2.45, 2.75) is 26.5 Å². The van der Waals surface area contributed by atoms with Crippen LogP contribution in [0, 0.1) is 0 Å². The number of para-hydroxylation sites is 1. The molecule has 0 aliphatic carbocycles. The number of fused-ring (bicyclic) bond motifs is 1. The second kappa shape index (κ2) is 9.05. The highest BCUT2D eigenvalue weighted by Gasteiger charge is 2.16. The van der Waals surface area contributed by atoms with Crippen molar-refractivity contribution in [1.29, 1.82) is 0 Å². The molecule has 0 aliphatic heterocycles. The number of benzene rings is 2. The Balaban J connectivity index is 1.71. The summed E-state index contributed by atoms with van der Waals surface area (Å²) >= 11 is 0. The van der Waals surface area contributed by atoms with Crippen molar-refractivity contribution in [2.24, 2.45) is 0 Å². The van der Waals surface area contributed by atoms with E-state index in [1.807, 2.05) is 30.1 Å². The minimum absolute atomic E-state index is 0.0108. The first-order valence-corrected chi connectivity index (χ1v) is 9.35. The van der Waals surface area contributed by atoms with Crippen molar-refractivity contribution >= 4 is 16.7 Å². The molecule has 154 valence electrons. The zero-order chi connectivity index (χ0) is 21.0. The van der Waals surface area contributed by atoms with Crippen LogP contribution in [0.3, 0.4) is 0 Å². The van der Waals surface area contributed by atoms with Crippen LogP contribution in [0.4, 0.5) is 8.78 Å². The lowest BCUT2D eigenvalue weighted by atomic mass is 10.0. The van der Waals surface area contributed by atoms with E-state index in [9.17, 15) is 13.6 Å². The first-order valence-electron chi connectivity index (χ1n) is 9.35. The largest absolute Gasteiger partial charge is 0.493 e. The fourth-order valence-electron chi connectivity index (χ4n) is 3.44. The molecule has 1 heterocycles. The molecule has 1 aromatic heterocycles. The van der Waals surface area contributed by atoms with E-state index in [4.69, 9.17) is 4.74 Å². The Hall–Kier alpha value is -2.93. The van der Waals surface area contributed by atoms with Crippen LogP contribution >= 0.6 is 0 Å². The van der Waals surface area contributed by atoms with E-state index in [-0.39, 0.29) is 23.8 Å². The number of rotatable bonds is 9. The van der Waals surface area contributed by atoms with Crippen molar-refractivity contribution in [3.05, 3.63) is 59.3 Å². The lowest BCUT2D eigenvalue weighted by Gasteiger charge is -2.17. The van der Waals surface area contributed by atoms with Gasteiger partial charge in [-0.2, -0.15) is 8.78 Å². The highest BCUT2D eigenvalue weighted by Crippen LogP contribution is 2.30. The van der Waals surface area contributed by atoms with Gasteiger partial charge in [-0.25, -0.2) is 0 Å². The number of ketones is 1. The number of alkyl halides is 2. The number of Topliss-reactive ketones (excluding diaryl/α,β-unsaturated/α-hetero) is 1. The van der Waals surface area contributed by atoms with Crippen LogP contribution in [0.15, 0.2) is 42.6 Å². The Morgan fingerprint density at radius 3 is 2.69 bits per heavy atom.